The Labute approximate surface area is 193 Å². The molecule has 0 atom stereocenters. The maximum Gasteiger partial charge on any atom is 0.242 e. The lowest BCUT2D eigenvalue weighted by atomic mass is 9.98. The number of nitrogens with zero attached hydrogens (tertiary/aromatic N) is 2. The second kappa shape index (κ2) is 9.81. The standard InChI is InChI=1S/C26H28N2O5/c1-18-11-22(29)25(33-17-19-7-5-4-6-8-19)15-28(18)16-26(30)27-10-9-20-12-23(31-2)24(32-3)13-21(20)14-27/h4-8,11-13,15H,9-10,14,16-17H2,1-3H3. The Morgan fingerprint density at radius 2 is 1.67 bits per heavy atom. The molecule has 1 amide bonds. The highest BCUT2D eigenvalue weighted by Gasteiger charge is 2.23. The molecule has 7 nitrogen and oxygen atoms in total. The van der Waals surface area contributed by atoms with Gasteiger partial charge in [-0.05, 0) is 42.2 Å². The number of amides is 1. The van der Waals surface area contributed by atoms with E-state index < -0.39 is 0 Å². The average molecular weight is 449 g/mol. The van der Waals surface area contributed by atoms with Crippen LogP contribution in [0.2, 0.25) is 0 Å². The molecular formula is C26H28N2O5. The molecule has 1 aliphatic rings. The largest absolute Gasteiger partial charge is 0.493 e. The maximum absolute atomic E-state index is 13.1. The van der Waals surface area contributed by atoms with Gasteiger partial charge in [-0.2, -0.15) is 0 Å². The van der Waals surface area contributed by atoms with Crippen molar-refractivity contribution in [3.05, 3.63) is 87.3 Å². The number of hydrogen-bond acceptors (Lipinski definition) is 5. The predicted molar refractivity (Wildman–Crippen MR) is 125 cm³/mol. The van der Waals surface area contributed by atoms with Crippen LogP contribution in [0.25, 0.3) is 0 Å². The summed E-state index contributed by atoms with van der Waals surface area (Å²) in [5.74, 6) is 1.57. The minimum atomic E-state index is -0.194. The normalized spacial score (nSPS) is 12.8. The molecule has 3 aromatic rings. The smallest absolute Gasteiger partial charge is 0.242 e. The van der Waals surface area contributed by atoms with Crippen molar-refractivity contribution in [2.75, 3.05) is 20.8 Å². The van der Waals surface area contributed by atoms with E-state index >= 15 is 0 Å². The van der Waals surface area contributed by atoms with E-state index in [1.54, 1.807) is 25.0 Å². The van der Waals surface area contributed by atoms with Crippen molar-refractivity contribution in [3.63, 3.8) is 0 Å². The maximum atomic E-state index is 13.1. The molecule has 4 rings (SSSR count). The molecule has 172 valence electrons. The van der Waals surface area contributed by atoms with Gasteiger partial charge in [-0.15, -0.1) is 0 Å². The fourth-order valence-electron chi connectivity index (χ4n) is 4.01. The van der Waals surface area contributed by atoms with E-state index in [2.05, 4.69) is 0 Å². The van der Waals surface area contributed by atoms with Crippen LogP contribution in [0.15, 0.2) is 59.5 Å². The lowest BCUT2D eigenvalue weighted by Gasteiger charge is -2.30. The first-order valence-electron chi connectivity index (χ1n) is 10.9. The van der Waals surface area contributed by atoms with Gasteiger partial charge in [0.15, 0.2) is 17.2 Å². The first-order valence-corrected chi connectivity index (χ1v) is 10.9. The number of rotatable bonds is 7. The van der Waals surface area contributed by atoms with Crippen LogP contribution in [-0.2, 0) is 30.9 Å². The number of hydrogen-bond donors (Lipinski definition) is 0. The lowest BCUT2D eigenvalue weighted by Crippen LogP contribution is -2.38. The second-order valence-electron chi connectivity index (χ2n) is 8.09. The first kappa shape index (κ1) is 22.5. The third-order valence-corrected chi connectivity index (χ3v) is 5.92. The van der Waals surface area contributed by atoms with Crippen LogP contribution in [0.1, 0.15) is 22.4 Å². The van der Waals surface area contributed by atoms with Gasteiger partial charge in [0.1, 0.15) is 13.2 Å². The van der Waals surface area contributed by atoms with Crippen LogP contribution >= 0.6 is 0 Å². The number of carbonyl (C=O) groups excluding carboxylic acids is 1. The fraction of sp³-hybridized carbons (Fsp3) is 0.308. The second-order valence-corrected chi connectivity index (χ2v) is 8.09. The fourth-order valence-corrected chi connectivity index (χ4v) is 4.01. The summed E-state index contributed by atoms with van der Waals surface area (Å²) >= 11 is 0. The number of pyridine rings is 1. The van der Waals surface area contributed by atoms with Gasteiger partial charge in [0.2, 0.25) is 11.3 Å². The molecule has 0 fully saturated rings. The van der Waals surface area contributed by atoms with E-state index in [9.17, 15) is 9.59 Å². The van der Waals surface area contributed by atoms with Crippen molar-refractivity contribution in [3.8, 4) is 17.2 Å². The molecule has 0 spiro atoms. The van der Waals surface area contributed by atoms with Crippen molar-refractivity contribution in [1.29, 1.82) is 0 Å². The summed E-state index contributed by atoms with van der Waals surface area (Å²) in [4.78, 5) is 27.3. The highest BCUT2D eigenvalue weighted by atomic mass is 16.5. The Morgan fingerprint density at radius 1 is 0.970 bits per heavy atom. The molecule has 0 saturated heterocycles. The topological polar surface area (TPSA) is 70.0 Å². The number of benzene rings is 2. The lowest BCUT2D eigenvalue weighted by molar-refractivity contribution is -0.132. The molecule has 7 heteroatoms. The summed E-state index contributed by atoms with van der Waals surface area (Å²) in [6.45, 7) is 3.37. The van der Waals surface area contributed by atoms with E-state index in [0.29, 0.717) is 36.9 Å². The van der Waals surface area contributed by atoms with Crippen LogP contribution in [0.4, 0.5) is 0 Å². The van der Waals surface area contributed by atoms with Gasteiger partial charge in [-0.1, -0.05) is 30.3 Å². The molecule has 0 unspecified atom stereocenters. The zero-order valence-electron chi connectivity index (χ0n) is 19.2. The van der Waals surface area contributed by atoms with Crippen molar-refractivity contribution < 1.29 is 19.0 Å². The number of methoxy groups -OCH3 is 2. The zero-order valence-corrected chi connectivity index (χ0v) is 19.2. The molecular weight excluding hydrogens is 420 g/mol. The van der Waals surface area contributed by atoms with E-state index in [1.807, 2.05) is 54.3 Å². The van der Waals surface area contributed by atoms with Crippen molar-refractivity contribution in [1.82, 2.24) is 9.47 Å². The summed E-state index contributed by atoms with van der Waals surface area (Å²) < 4.78 is 18.3. The van der Waals surface area contributed by atoms with Gasteiger partial charge in [-0.3, -0.25) is 9.59 Å². The molecule has 0 aliphatic carbocycles. The summed E-state index contributed by atoms with van der Waals surface area (Å²) in [5.41, 5.74) is 3.70. The minimum Gasteiger partial charge on any atom is -0.493 e. The van der Waals surface area contributed by atoms with E-state index in [-0.39, 0.29) is 23.6 Å². The van der Waals surface area contributed by atoms with Gasteiger partial charge in [0.05, 0.1) is 20.4 Å². The molecule has 0 N–H and O–H groups in total. The van der Waals surface area contributed by atoms with Crippen molar-refractivity contribution in [2.24, 2.45) is 0 Å². The quantitative estimate of drug-likeness (QED) is 0.555. The van der Waals surface area contributed by atoms with Gasteiger partial charge in [0.25, 0.3) is 0 Å². The Bertz CT molecular complexity index is 1200. The Morgan fingerprint density at radius 3 is 2.36 bits per heavy atom. The van der Waals surface area contributed by atoms with Gasteiger partial charge in [-0.25, -0.2) is 0 Å². The van der Waals surface area contributed by atoms with Crippen LogP contribution in [0.3, 0.4) is 0 Å². The summed E-state index contributed by atoms with van der Waals surface area (Å²) in [7, 11) is 3.22. The van der Waals surface area contributed by atoms with Crippen molar-refractivity contribution >= 4 is 5.91 Å². The van der Waals surface area contributed by atoms with Gasteiger partial charge < -0.3 is 23.7 Å². The first-order chi connectivity index (χ1) is 16.0. The average Bonchev–Trinajstić information content (AvgIpc) is 2.84. The highest BCUT2D eigenvalue weighted by molar-refractivity contribution is 5.76. The van der Waals surface area contributed by atoms with Crippen LogP contribution in [0, 0.1) is 6.92 Å². The molecule has 1 aromatic heterocycles. The molecule has 2 aromatic carbocycles. The van der Waals surface area contributed by atoms with Crippen molar-refractivity contribution in [2.45, 2.75) is 33.0 Å². The number of carbonyl (C=O) groups is 1. The predicted octanol–water partition coefficient (Wildman–Crippen LogP) is 3.34. The summed E-state index contributed by atoms with van der Waals surface area (Å²) in [6, 6.07) is 15.1. The van der Waals surface area contributed by atoms with E-state index in [0.717, 1.165) is 23.1 Å². The van der Waals surface area contributed by atoms with Gasteiger partial charge >= 0.3 is 0 Å². The molecule has 0 saturated carbocycles. The molecule has 1 aliphatic heterocycles. The SMILES string of the molecule is COc1cc2c(cc1OC)CN(C(=O)Cn1cc(OCc3ccccc3)c(=O)cc1C)CC2. The molecule has 33 heavy (non-hydrogen) atoms. The molecule has 0 bridgehead atoms. The number of ether oxygens (including phenoxy) is 3. The third-order valence-electron chi connectivity index (χ3n) is 5.92. The Hall–Kier alpha value is -3.74. The van der Waals surface area contributed by atoms with Crippen LogP contribution in [-0.4, -0.2) is 36.1 Å². The van der Waals surface area contributed by atoms with E-state index in [1.165, 1.54) is 6.07 Å². The third kappa shape index (κ3) is 5.03. The summed E-state index contributed by atoms with van der Waals surface area (Å²) in [5, 5.41) is 0. The highest BCUT2D eigenvalue weighted by Crippen LogP contribution is 2.33. The van der Waals surface area contributed by atoms with Gasteiger partial charge in [0, 0.05) is 24.8 Å². The zero-order chi connectivity index (χ0) is 23.4. The number of aromatic nitrogens is 1. The van der Waals surface area contributed by atoms with E-state index in [4.69, 9.17) is 14.2 Å². The Balaban J connectivity index is 1.47. The Kier molecular flexibility index (Phi) is 6.68. The minimum absolute atomic E-state index is 0.0174. The summed E-state index contributed by atoms with van der Waals surface area (Å²) in [6.07, 6.45) is 2.38. The number of fused-ring (bicyclic) bond motifs is 1. The molecule has 2 heterocycles. The van der Waals surface area contributed by atoms with Crippen LogP contribution in [0.5, 0.6) is 17.2 Å². The molecule has 0 radical (unpaired) electrons. The number of aryl methyl sites for hydroxylation is 1. The van der Waals surface area contributed by atoms with Crippen LogP contribution < -0.4 is 19.6 Å². The monoisotopic (exact) mass is 448 g/mol.